The highest BCUT2D eigenvalue weighted by Crippen LogP contribution is 2.17. The second kappa shape index (κ2) is 3.62. The van der Waals surface area contributed by atoms with Crippen molar-refractivity contribution in [2.45, 2.75) is 0 Å². The smallest absolute Gasteiger partial charge is 0.263 e. The summed E-state index contributed by atoms with van der Waals surface area (Å²) in [6.07, 6.45) is 2.80. The molecule has 0 amide bonds. The minimum Gasteiger partial charge on any atom is -0.372 e. The molecule has 6 heteroatoms. The van der Waals surface area contributed by atoms with Crippen molar-refractivity contribution in [1.29, 1.82) is 5.26 Å². The average Bonchev–Trinajstić information content (AvgIpc) is 2.32. The van der Waals surface area contributed by atoms with Gasteiger partial charge in [0.2, 0.25) is 0 Å². The Hall–Kier alpha value is -2.42. The zero-order chi connectivity index (χ0) is 11.7. The van der Waals surface area contributed by atoms with Crippen LogP contribution in [0.25, 0.3) is 10.9 Å². The summed E-state index contributed by atoms with van der Waals surface area (Å²) in [6, 6.07) is 2.01. The van der Waals surface area contributed by atoms with E-state index in [2.05, 4.69) is 15.3 Å². The van der Waals surface area contributed by atoms with Crippen molar-refractivity contribution >= 4 is 16.7 Å². The van der Waals surface area contributed by atoms with Crippen LogP contribution in [0, 0.1) is 11.3 Å². The normalized spacial score (nSPS) is 10.1. The van der Waals surface area contributed by atoms with Crippen LogP contribution >= 0.6 is 0 Å². The molecule has 0 aromatic carbocycles. The molecule has 2 aromatic rings. The predicted molar refractivity (Wildman–Crippen MR) is 59.0 cm³/mol. The van der Waals surface area contributed by atoms with E-state index in [4.69, 9.17) is 5.26 Å². The fourth-order valence-electron chi connectivity index (χ4n) is 1.55. The number of rotatable bonds is 1. The zero-order valence-corrected chi connectivity index (χ0v) is 8.85. The first kappa shape index (κ1) is 10.1. The van der Waals surface area contributed by atoms with Crippen LogP contribution in [0.15, 0.2) is 17.3 Å². The lowest BCUT2D eigenvalue weighted by molar-refractivity contribution is 0.867. The molecule has 0 aliphatic carbocycles. The lowest BCUT2D eigenvalue weighted by atomic mass is 10.2. The first-order valence-corrected chi connectivity index (χ1v) is 4.61. The minimum atomic E-state index is -0.223. The van der Waals surface area contributed by atoms with Crippen LogP contribution in [0.4, 0.5) is 5.82 Å². The summed E-state index contributed by atoms with van der Waals surface area (Å²) < 4.78 is 1.35. The van der Waals surface area contributed by atoms with Gasteiger partial charge in [0.25, 0.3) is 5.56 Å². The highest BCUT2D eigenvalue weighted by molar-refractivity contribution is 5.91. The number of hydrogen-bond donors (Lipinski definition) is 1. The highest BCUT2D eigenvalue weighted by Gasteiger charge is 2.12. The molecule has 0 saturated heterocycles. The van der Waals surface area contributed by atoms with Crippen LogP contribution in [0.2, 0.25) is 0 Å². The van der Waals surface area contributed by atoms with E-state index < -0.39 is 0 Å². The molecule has 0 aliphatic rings. The Morgan fingerprint density at radius 1 is 1.50 bits per heavy atom. The third kappa shape index (κ3) is 1.30. The first-order chi connectivity index (χ1) is 7.69. The van der Waals surface area contributed by atoms with E-state index >= 15 is 0 Å². The second-order valence-electron chi connectivity index (χ2n) is 3.27. The molecule has 80 valence electrons. The number of pyridine rings is 1. The molecule has 6 nitrogen and oxygen atoms in total. The molecule has 2 aromatic heterocycles. The number of hydrogen-bond acceptors (Lipinski definition) is 5. The predicted octanol–water partition coefficient (Wildman–Crippen LogP) is 0.242. The van der Waals surface area contributed by atoms with E-state index in [-0.39, 0.29) is 5.56 Å². The quantitative estimate of drug-likeness (QED) is 0.736. The van der Waals surface area contributed by atoms with Crippen LogP contribution in [-0.2, 0) is 7.05 Å². The third-order valence-corrected chi connectivity index (χ3v) is 2.32. The van der Waals surface area contributed by atoms with Crippen molar-refractivity contribution in [3.63, 3.8) is 0 Å². The van der Waals surface area contributed by atoms with Gasteiger partial charge in [0.15, 0.2) is 0 Å². The number of aryl methyl sites for hydroxylation is 1. The Morgan fingerprint density at radius 3 is 2.88 bits per heavy atom. The van der Waals surface area contributed by atoms with Gasteiger partial charge in [0.05, 0.1) is 5.56 Å². The molecular formula is C10H9N5O. The van der Waals surface area contributed by atoms with Crippen LogP contribution in [0.3, 0.4) is 0 Å². The number of nitrogens with zero attached hydrogens (tertiary/aromatic N) is 4. The summed E-state index contributed by atoms with van der Waals surface area (Å²) >= 11 is 0. The Labute approximate surface area is 91.2 Å². The molecular weight excluding hydrogens is 206 g/mol. The van der Waals surface area contributed by atoms with Crippen molar-refractivity contribution in [1.82, 2.24) is 14.5 Å². The average molecular weight is 215 g/mol. The summed E-state index contributed by atoms with van der Waals surface area (Å²) in [5.41, 5.74) is 0.514. The maximum Gasteiger partial charge on any atom is 0.263 e. The van der Waals surface area contributed by atoms with Crippen molar-refractivity contribution in [2.24, 2.45) is 7.05 Å². The van der Waals surface area contributed by atoms with Gasteiger partial charge in [-0.1, -0.05) is 0 Å². The maximum absolute atomic E-state index is 11.9. The molecule has 0 atom stereocenters. The lowest BCUT2D eigenvalue weighted by Gasteiger charge is -2.06. The van der Waals surface area contributed by atoms with Crippen molar-refractivity contribution in [3.05, 3.63) is 28.4 Å². The molecule has 0 unspecified atom stereocenters. The van der Waals surface area contributed by atoms with Crippen LogP contribution < -0.4 is 10.9 Å². The highest BCUT2D eigenvalue weighted by atomic mass is 16.1. The van der Waals surface area contributed by atoms with Gasteiger partial charge >= 0.3 is 0 Å². The summed E-state index contributed by atoms with van der Waals surface area (Å²) in [6.45, 7) is 0. The van der Waals surface area contributed by atoms with E-state index in [1.54, 1.807) is 14.1 Å². The van der Waals surface area contributed by atoms with Crippen molar-refractivity contribution < 1.29 is 0 Å². The van der Waals surface area contributed by atoms with Gasteiger partial charge in [-0.3, -0.25) is 4.79 Å². The summed E-state index contributed by atoms with van der Waals surface area (Å²) in [5.74, 6) is 0.433. The van der Waals surface area contributed by atoms with Crippen LogP contribution in [0.1, 0.15) is 5.56 Å². The molecule has 0 aliphatic heterocycles. The Balaban J connectivity index is 3.06. The molecule has 2 heterocycles. The second-order valence-corrected chi connectivity index (χ2v) is 3.27. The number of anilines is 1. The van der Waals surface area contributed by atoms with Crippen LogP contribution in [0.5, 0.6) is 0 Å². The van der Waals surface area contributed by atoms with E-state index in [0.717, 1.165) is 0 Å². The Kier molecular flexibility index (Phi) is 2.29. The lowest BCUT2D eigenvalue weighted by Crippen LogP contribution is -2.19. The molecule has 0 saturated carbocycles. The number of nitrogens with one attached hydrogen (secondary N) is 1. The van der Waals surface area contributed by atoms with Gasteiger partial charge in [-0.25, -0.2) is 9.97 Å². The number of fused-ring (bicyclic) bond motifs is 1. The van der Waals surface area contributed by atoms with Gasteiger partial charge in [-0.05, 0) is 0 Å². The van der Waals surface area contributed by atoms with Crippen molar-refractivity contribution in [2.75, 3.05) is 12.4 Å². The van der Waals surface area contributed by atoms with E-state index in [9.17, 15) is 4.79 Å². The molecule has 2 rings (SSSR count). The molecule has 1 N–H and O–H groups in total. The fourth-order valence-corrected chi connectivity index (χ4v) is 1.55. The topological polar surface area (TPSA) is 83.6 Å². The first-order valence-electron chi connectivity index (χ1n) is 4.61. The monoisotopic (exact) mass is 215 g/mol. The SMILES string of the molecule is CNc1ncnc2c(C#N)cn(C)c(=O)c12. The number of aromatic nitrogens is 3. The summed E-state index contributed by atoms with van der Waals surface area (Å²) in [4.78, 5) is 19.8. The molecule has 16 heavy (non-hydrogen) atoms. The van der Waals surface area contributed by atoms with E-state index in [1.807, 2.05) is 6.07 Å². The van der Waals surface area contributed by atoms with Crippen LogP contribution in [-0.4, -0.2) is 21.6 Å². The third-order valence-electron chi connectivity index (χ3n) is 2.32. The number of nitriles is 1. The molecule has 0 radical (unpaired) electrons. The standard InChI is InChI=1S/C10H9N5O/c1-12-9-7-8(13-5-14-9)6(3-11)4-15(2)10(7)16/h4-5H,1-2H3,(H,12,13,14). The van der Waals surface area contributed by atoms with E-state index in [1.165, 1.54) is 17.1 Å². The van der Waals surface area contributed by atoms with Gasteiger partial charge in [0, 0.05) is 20.3 Å². The van der Waals surface area contributed by atoms with Gasteiger partial charge in [0.1, 0.15) is 29.1 Å². The van der Waals surface area contributed by atoms with Gasteiger partial charge < -0.3 is 9.88 Å². The van der Waals surface area contributed by atoms with Gasteiger partial charge in [-0.2, -0.15) is 5.26 Å². The zero-order valence-electron chi connectivity index (χ0n) is 8.85. The molecule has 0 bridgehead atoms. The Morgan fingerprint density at radius 2 is 2.25 bits per heavy atom. The summed E-state index contributed by atoms with van der Waals surface area (Å²) in [7, 11) is 3.26. The van der Waals surface area contributed by atoms with E-state index in [0.29, 0.717) is 22.3 Å². The largest absolute Gasteiger partial charge is 0.372 e. The minimum absolute atomic E-state index is 0.223. The summed E-state index contributed by atoms with van der Waals surface area (Å²) in [5, 5.41) is 12.1. The molecule has 0 spiro atoms. The fraction of sp³-hybridized carbons (Fsp3) is 0.200. The maximum atomic E-state index is 11.9. The molecule has 0 fully saturated rings. The van der Waals surface area contributed by atoms with Crippen molar-refractivity contribution in [3.8, 4) is 6.07 Å². The Bertz CT molecular complexity index is 653. The van der Waals surface area contributed by atoms with Gasteiger partial charge in [-0.15, -0.1) is 0 Å².